The first-order valence-corrected chi connectivity index (χ1v) is 12.7. The van der Waals surface area contributed by atoms with Gasteiger partial charge in [0.1, 0.15) is 11.5 Å². The Bertz CT molecular complexity index is 1210. The second-order valence-electron chi connectivity index (χ2n) is 9.75. The van der Waals surface area contributed by atoms with Crippen molar-refractivity contribution < 1.29 is 9.13 Å². The Morgan fingerprint density at radius 3 is 2.11 bits per heavy atom. The van der Waals surface area contributed by atoms with E-state index >= 15 is 0 Å². The van der Waals surface area contributed by atoms with E-state index in [1.165, 1.54) is 49.1 Å². The van der Waals surface area contributed by atoms with Crippen molar-refractivity contribution in [2.45, 2.75) is 45.8 Å². The summed E-state index contributed by atoms with van der Waals surface area (Å²) in [7, 11) is 0. The lowest BCUT2D eigenvalue weighted by Gasteiger charge is -2.28. The second kappa shape index (κ2) is 11.0. The fourth-order valence-electron chi connectivity index (χ4n) is 5.23. The van der Waals surface area contributed by atoms with Gasteiger partial charge in [-0.15, -0.1) is 0 Å². The van der Waals surface area contributed by atoms with Crippen molar-refractivity contribution in [3.63, 3.8) is 0 Å². The lowest BCUT2D eigenvalue weighted by Crippen LogP contribution is -2.22. The van der Waals surface area contributed by atoms with Crippen LogP contribution < -0.4 is 0 Å². The van der Waals surface area contributed by atoms with Crippen LogP contribution in [0.1, 0.15) is 36.9 Å². The number of nitrogens with zero attached hydrogens (tertiary/aromatic N) is 2. The SMILES string of the molecule is Cc1c(-c2ccccc2)c(-c2ccc(F)cc2)nn1C[C@H]1CC[C@H](COCc2ccccc2)CC1. The Kier molecular flexibility index (Phi) is 7.39. The average Bonchev–Trinajstić information content (AvgIpc) is 3.22. The molecule has 1 aromatic heterocycles. The maximum absolute atomic E-state index is 13.6. The minimum atomic E-state index is -0.226. The molecule has 5 rings (SSSR count). The van der Waals surface area contributed by atoms with E-state index in [0.29, 0.717) is 18.4 Å². The maximum Gasteiger partial charge on any atom is 0.123 e. The molecular weight excluding hydrogens is 435 g/mol. The van der Waals surface area contributed by atoms with Gasteiger partial charge in [0.25, 0.3) is 0 Å². The van der Waals surface area contributed by atoms with Crippen molar-refractivity contribution in [2.75, 3.05) is 6.61 Å². The van der Waals surface area contributed by atoms with E-state index < -0.39 is 0 Å². The van der Waals surface area contributed by atoms with Crippen LogP contribution in [-0.4, -0.2) is 16.4 Å². The standard InChI is InChI=1S/C31H33FN2O/c1-23-30(27-10-6-3-7-11-27)31(28-16-18-29(32)19-17-28)33-34(23)20-24-12-14-26(15-13-24)22-35-21-25-8-4-2-5-9-25/h2-11,16-19,24,26H,12-15,20-22H2,1H3/t24-,26-. The molecule has 1 aliphatic carbocycles. The van der Waals surface area contributed by atoms with Gasteiger partial charge in [-0.05, 0) is 79.8 Å². The molecule has 0 unspecified atom stereocenters. The predicted molar refractivity (Wildman–Crippen MR) is 139 cm³/mol. The zero-order chi connectivity index (χ0) is 24.0. The van der Waals surface area contributed by atoms with E-state index in [0.717, 1.165) is 35.5 Å². The Hall–Kier alpha value is -3.24. The Labute approximate surface area is 207 Å². The predicted octanol–water partition coefficient (Wildman–Crippen LogP) is 7.69. The van der Waals surface area contributed by atoms with E-state index in [2.05, 4.69) is 60.1 Å². The molecule has 4 heteroatoms. The first-order chi connectivity index (χ1) is 17.2. The molecule has 0 N–H and O–H groups in total. The van der Waals surface area contributed by atoms with Crippen LogP contribution >= 0.6 is 0 Å². The third-order valence-electron chi connectivity index (χ3n) is 7.25. The number of hydrogen-bond acceptors (Lipinski definition) is 2. The van der Waals surface area contributed by atoms with Crippen molar-refractivity contribution in [3.8, 4) is 22.4 Å². The molecule has 180 valence electrons. The summed E-state index contributed by atoms with van der Waals surface area (Å²) in [6.45, 7) is 4.62. The molecule has 1 saturated carbocycles. The van der Waals surface area contributed by atoms with Gasteiger partial charge >= 0.3 is 0 Å². The van der Waals surface area contributed by atoms with Gasteiger partial charge < -0.3 is 4.74 Å². The van der Waals surface area contributed by atoms with E-state index in [4.69, 9.17) is 9.84 Å². The van der Waals surface area contributed by atoms with E-state index in [9.17, 15) is 4.39 Å². The first kappa shape index (κ1) is 23.5. The largest absolute Gasteiger partial charge is 0.376 e. The van der Waals surface area contributed by atoms with Crippen LogP contribution in [0.4, 0.5) is 4.39 Å². The van der Waals surface area contributed by atoms with Gasteiger partial charge in [-0.2, -0.15) is 5.10 Å². The van der Waals surface area contributed by atoms with Crippen LogP contribution in [0.15, 0.2) is 84.9 Å². The number of hydrogen-bond donors (Lipinski definition) is 0. The highest BCUT2D eigenvalue weighted by atomic mass is 19.1. The highest BCUT2D eigenvalue weighted by Crippen LogP contribution is 2.36. The zero-order valence-corrected chi connectivity index (χ0v) is 20.4. The van der Waals surface area contributed by atoms with Crippen molar-refractivity contribution in [1.82, 2.24) is 9.78 Å². The van der Waals surface area contributed by atoms with Crippen LogP contribution in [0, 0.1) is 24.6 Å². The van der Waals surface area contributed by atoms with Crippen molar-refractivity contribution in [2.24, 2.45) is 11.8 Å². The molecule has 0 amide bonds. The van der Waals surface area contributed by atoms with Gasteiger partial charge in [0, 0.05) is 30.0 Å². The molecule has 0 atom stereocenters. The van der Waals surface area contributed by atoms with Gasteiger partial charge in [0.15, 0.2) is 0 Å². The summed E-state index contributed by atoms with van der Waals surface area (Å²) in [4.78, 5) is 0. The van der Waals surface area contributed by atoms with Crippen LogP contribution in [0.3, 0.4) is 0 Å². The fourth-order valence-corrected chi connectivity index (χ4v) is 5.23. The minimum absolute atomic E-state index is 0.226. The fraction of sp³-hybridized carbons (Fsp3) is 0.323. The molecule has 0 bridgehead atoms. The van der Waals surface area contributed by atoms with Crippen LogP contribution in [-0.2, 0) is 17.9 Å². The molecule has 0 saturated heterocycles. The van der Waals surface area contributed by atoms with Gasteiger partial charge in [-0.1, -0.05) is 60.7 Å². The average molecular weight is 469 g/mol. The number of rotatable bonds is 8. The molecule has 0 spiro atoms. The van der Waals surface area contributed by atoms with E-state index in [1.54, 1.807) is 0 Å². The number of ether oxygens (including phenoxy) is 1. The molecule has 4 aromatic rings. The molecule has 0 radical (unpaired) electrons. The lowest BCUT2D eigenvalue weighted by molar-refractivity contribution is 0.0653. The maximum atomic E-state index is 13.6. The Morgan fingerprint density at radius 1 is 0.800 bits per heavy atom. The topological polar surface area (TPSA) is 27.1 Å². The summed E-state index contributed by atoms with van der Waals surface area (Å²) in [6.07, 6.45) is 4.81. The summed E-state index contributed by atoms with van der Waals surface area (Å²) < 4.78 is 21.8. The molecule has 1 fully saturated rings. The van der Waals surface area contributed by atoms with Crippen LogP contribution in [0.2, 0.25) is 0 Å². The second-order valence-corrected chi connectivity index (χ2v) is 9.75. The van der Waals surface area contributed by atoms with E-state index in [-0.39, 0.29) is 5.82 Å². The first-order valence-electron chi connectivity index (χ1n) is 12.7. The lowest BCUT2D eigenvalue weighted by atomic mass is 9.82. The highest BCUT2D eigenvalue weighted by Gasteiger charge is 2.24. The van der Waals surface area contributed by atoms with Crippen LogP contribution in [0.5, 0.6) is 0 Å². The zero-order valence-electron chi connectivity index (χ0n) is 20.4. The third kappa shape index (κ3) is 5.71. The number of aromatic nitrogens is 2. The smallest absolute Gasteiger partial charge is 0.123 e. The van der Waals surface area contributed by atoms with Gasteiger partial charge in [0.2, 0.25) is 0 Å². The molecule has 0 aliphatic heterocycles. The quantitative estimate of drug-likeness (QED) is 0.265. The summed E-state index contributed by atoms with van der Waals surface area (Å²) in [5.41, 5.74) is 6.57. The monoisotopic (exact) mass is 468 g/mol. The van der Waals surface area contributed by atoms with E-state index in [1.807, 2.05) is 24.3 Å². The van der Waals surface area contributed by atoms with Crippen molar-refractivity contribution >= 4 is 0 Å². The summed E-state index contributed by atoms with van der Waals surface area (Å²) in [6, 6.07) is 27.5. The van der Waals surface area contributed by atoms with Gasteiger partial charge in [-0.25, -0.2) is 4.39 Å². The normalized spacial score (nSPS) is 18.0. The molecule has 3 aromatic carbocycles. The van der Waals surface area contributed by atoms with Crippen LogP contribution in [0.25, 0.3) is 22.4 Å². The Morgan fingerprint density at radius 2 is 1.43 bits per heavy atom. The molecule has 1 heterocycles. The van der Waals surface area contributed by atoms with Gasteiger partial charge in [0.05, 0.1) is 6.61 Å². The summed E-state index contributed by atoms with van der Waals surface area (Å²) in [5, 5.41) is 5.05. The molecule has 3 nitrogen and oxygen atoms in total. The number of benzene rings is 3. The minimum Gasteiger partial charge on any atom is -0.376 e. The summed E-state index contributed by atoms with van der Waals surface area (Å²) in [5.74, 6) is 1.03. The highest BCUT2D eigenvalue weighted by molar-refractivity contribution is 5.82. The third-order valence-corrected chi connectivity index (χ3v) is 7.25. The van der Waals surface area contributed by atoms with Crippen molar-refractivity contribution in [1.29, 1.82) is 0 Å². The summed E-state index contributed by atoms with van der Waals surface area (Å²) >= 11 is 0. The molecule has 35 heavy (non-hydrogen) atoms. The van der Waals surface area contributed by atoms with Crippen molar-refractivity contribution in [3.05, 3.63) is 102 Å². The Balaban J connectivity index is 1.25. The number of halogens is 1. The molecular formula is C31H33FN2O. The molecule has 1 aliphatic rings. The van der Waals surface area contributed by atoms with Gasteiger partial charge in [-0.3, -0.25) is 4.68 Å².